The summed E-state index contributed by atoms with van der Waals surface area (Å²) in [4.78, 5) is 3.29. The van der Waals surface area contributed by atoms with E-state index in [-0.39, 0.29) is 0 Å². The van der Waals surface area contributed by atoms with Gasteiger partial charge in [0.05, 0.1) is 0 Å². The van der Waals surface area contributed by atoms with Gasteiger partial charge in [-0.1, -0.05) is 73.5 Å². The highest BCUT2D eigenvalue weighted by Crippen LogP contribution is 2.08. The number of hydrogen-bond donors (Lipinski definition) is 2. The molecule has 0 saturated heterocycles. The van der Waals surface area contributed by atoms with Crippen LogP contribution < -0.4 is 20.8 Å². The van der Waals surface area contributed by atoms with Crippen molar-refractivity contribution in [2.75, 3.05) is 6.54 Å². The Balaban J connectivity index is 0.000000240. The minimum Gasteiger partial charge on any atom is -0.335 e. The molecule has 2 aromatic carbocycles. The van der Waals surface area contributed by atoms with Crippen LogP contribution in [-0.2, 0) is 0 Å². The molecule has 0 amide bonds. The monoisotopic (exact) mass is 398 g/mol. The summed E-state index contributed by atoms with van der Waals surface area (Å²) in [6, 6.07) is 17.5. The molecule has 0 aromatic heterocycles. The smallest absolute Gasteiger partial charge is 0.254 e. The third kappa shape index (κ3) is 7.09. The predicted octanol–water partition coefficient (Wildman–Crippen LogP) is 3.13. The fraction of sp³-hybridized carbons (Fsp3) is 0.333. The van der Waals surface area contributed by atoms with E-state index in [4.69, 9.17) is 27.6 Å². The maximum Gasteiger partial charge on any atom is 0.254 e. The van der Waals surface area contributed by atoms with E-state index in [1.54, 1.807) is 0 Å². The highest BCUT2D eigenvalue weighted by Gasteiger charge is 2.25. The lowest BCUT2D eigenvalue weighted by Crippen LogP contribution is -2.51. The Morgan fingerprint density at radius 1 is 1.04 bits per heavy atom. The normalized spacial score (nSPS) is 14.3. The van der Waals surface area contributed by atoms with Crippen molar-refractivity contribution >= 4 is 48.3 Å². The molecule has 0 spiro atoms. The van der Waals surface area contributed by atoms with Gasteiger partial charge >= 0.3 is 0 Å². The van der Waals surface area contributed by atoms with Crippen molar-refractivity contribution in [2.24, 2.45) is 5.40 Å². The zero-order chi connectivity index (χ0) is 18.2. The molecule has 2 aromatic rings. The van der Waals surface area contributed by atoms with Crippen LogP contribution >= 0.6 is 22.2 Å². The zero-order valence-corrected chi connectivity index (χ0v) is 18.6. The van der Waals surface area contributed by atoms with Gasteiger partial charge in [0.1, 0.15) is 0 Å². The van der Waals surface area contributed by atoms with Crippen LogP contribution in [0.15, 0.2) is 48.5 Å². The average molecular weight is 400 g/mol. The van der Waals surface area contributed by atoms with Crippen LogP contribution in [0.5, 0.6) is 0 Å². The Morgan fingerprint density at radius 2 is 1.67 bits per heavy atom. The first kappa shape index (κ1) is 21.4. The second kappa shape index (κ2) is 10.4. The van der Waals surface area contributed by atoms with E-state index in [2.05, 4.69) is 62.2 Å². The summed E-state index contributed by atoms with van der Waals surface area (Å²) in [6.45, 7) is 9.22. The van der Waals surface area contributed by atoms with Crippen LogP contribution in [0.25, 0.3) is 0 Å². The number of nitrogens with one attached hydrogen (secondary N) is 1. The lowest BCUT2D eigenvalue weighted by molar-refractivity contribution is 1.01. The number of rotatable bonds is 5. The standard InChI is InChI=1S/2C9H14ClNSi/c1-3-11-12(10)9-6-4-8(2)5-7-9;1-3-12(10,11)9-6-4-5-8(2)7-9/h4-7,11-12H,3H2,1-2H3;4-7H,3,11H2,1-2H3. The molecule has 0 saturated carbocycles. The molecule has 6 heteroatoms. The van der Waals surface area contributed by atoms with E-state index in [1.807, 2.05) is 19.1 Å². The van der Waals surface area contributed by atoms with Crippen LogP contribution in [0.4, 0.5) is 0 Å². The van der Waals surface area contributed by atoms with E-state index in [9.17, 15) is 0 Å². The summed E-state index contributed by atoms with van der Waals surface area (Å²) in [5.74, 6) is 0. The molecule has 2 atom stereocenters. The van der Waals surface area contributed by atoms with E-state index in [0.29, 0.717) is 0 Å². The summed E-state index contributed by atoms with van der Waals surface area (Å²) in [6.07, 6.45) is 0. The van der Waals surface area contributed by atoms with Crippen LogP contribution in [0.3, 0.4) is 0 Å². The van der Waals surface area contributed by atoms with Gasteiger partial charge in [-0.05, 0) is 36.8 Å². The molecule has 0 radical (unpaired) electrons. The predicted molar refractivity (Wildman–Crippen MR) is 115 cm³/mol. The summed E-state index contributed by atoms with van der Waals surface area (Å²) in [5, 5.41) is 8.41. The van der Waals surface area contributed by atoms with Crippen molar-refractivity contribution in [3.05, 3.63) is 59.7 Å². The quantitative estimate of drug-likeness (QED) is 0.599. The van der Waals surface area contributed by atoms with Crippen LogP contribution in [-0.4, -0.2) is 22.4 Å². The molecule has 0 bridgehead atoms. The SMILES string of the molecule is CCN[SiH](Cl)c1ccc(C)cc1.CC[Si](N)(Cl)c1cccc(C)c1. The second-order valence-corrected chi connectivity index (χ2v) is 14.1. The fourth-order valence-corrected chi connectivity index (χ4v) is 5.77. The molecule has 0 fully saturated rings. The van der Waals surface area contributed by atoms with Crippen LogP contribution in [0.2, 0.25) is 6.04 Å². The van der Waals surface area contributed by atoms with Crippen molar-refractivity contribution in [1.82, 2.24) is 4.98 Å². The van der Waals surface area contributed by atoms with E-state index >= 15 is 0 Å². The maximum atomic E-state index is 6.23. The summed E-state index contributed by atoms with van der Waals surface area (Å²) in [5.41, 5.74) is 2.51. The van der Waals surface area contributed by atoms with Crippen molar-refractivity contribution in [3.63, 3.8) is 0 Å². The molecule has 0 aliphatic heterocycles. The third-order valence-corrected chi connectivity index (χ3v) is 10.5. The topological polar surface area (TPSA) is 38.0 Å². The Hall–Kier alpha value is -0.626. The minimum atomic E-state index is -2.11. The lowest BCUT2D eigenvalue weighted by Gasteiger charge is -2.17. The van der Waals surface area contributed by atoms with Crippen molar-refractivity contribution in [3.8, 4) is 0 Å². The molecule has 0 aliphatic rings. The second-order valence-electron chi connectivity index (χ2n) is 5.92. The van der Waals surface area contributed by atoms with Gasteiger partial charge < -0.3 is 10.4 Å². The van der Waals surface area contributed by atoms with Gasteiger partial charge in [-0.3, -0.25) is 0 Å². The Bertz CT molecular complexity index is 619. The number of nitrogens with two attached hydrogens (primary N) is 1. The number of aryl methyl sites for hydroxylation is 2. The summed E-state index contributed by atoms with van der Waals surface area (Å²) < 4.78 is 0. The lowest BCUT2D eigenvalue weighted by atomic mass is 10.2. The van der Waals surface area contributed by atoms with Gasteiger partial charge in [0.25, 0.3) is 7.55 Å². The van der Waals surface area contributed by atoms with Crippen LogP contribution in [0, 0.1) is 13.8 Å². The first-order valence-electron chi connectivity index (χ1n) is 8.29. The average Bonchev–Trinajstić information content (AvgIpc) is 2.56. The molecule has 24 heavy (non-hydrogen) atoms. The highest BCUT2D eigenvalue weighted by molar-refractivity contribution is 7.25. The van der Waals surface area contributed by atoms with E-state index in [0.717, 1.165) is 17.8 Å². The number of halogens is 2. The van der Waals surface area contributed by atoms with Crippen molar-refractivity contribution < 1.29 is 0 Å². The first-order chi connectivity index (χ1) is 11.3. The fourth-order valence-electron chi connectivity index (χ4n) is 2.14. The molecule has 0 aliphatic carbocycles. The van der Waals surface area contributed by atoms with Crippen molar-refractivity contribution in [1.29, 1.82) is 0 Å². The molecular weight excluding hydrogens is 371 g/mol. The van der Waals surface area contributed by atoms with Gasteiger partial charge in [-0.15, -0.1) is 22.2 Å². The molecule has 0 heterocycles. The highest BCUT2D eigenvalue weighted by atomic mass is 35.6. The summed E-state index contributed by atoms with van der Waals surface area (Å²) >= 11 is 12.4. The summed E-state index contributed by atoms with van der Waals surface area (Å²) in [7, 11) is -3.47. The molecule has 2 nitrogen and oxygen atoms in total. The third-order valence-electron chi connectivity index (χ3n) is 3.77. The van der Waals surface area contributed by atoms with Gasteiger partial charge in [0, 0.05) is 0 Å². The Kier molecular flexibility index (Phi) is 9.27. The van der Waals surface area contributed by atoms with E-state index < -0.39 is 15.8 Å². The largest absolute Gasteiger partial charge is 0.335 e. The van der Waals surface area contributed by atoms with Crippen molar-refractivity contribution in [2.45, 2.75) is 33.7 Å². The van der Waals surface area contributed by atoms with Gasteiger partial charge in [0.2, 0.25) is 8.27 Å². The van der Waals surface area contributed by atoms with E-state index in [1.165, 1.54) is 16.3 Å². The minimum absolute atomic E-state index is 0.873. The zero-order valence-electron chi connectivity index (χ0n) is 14.9. The molecule has 132 valence electrons. The van der Waals surface area contributed by atoms with Crippen LogP contribution in [0.1, 0.15) is 25.0 Å². The number of hydrogen-bond acceptors (Lipinski definition) is 2. The van der Waals surface area contributed by atoms with Gasteiger partial charge in [0.15, 0.2) is 0 Å². The van der Waals surface area contributed by atoms with Gasteiger partial charge in [-0.25, -0.2) is 0 Å². The molecule has 2 rings (SSSR count). The van der Waals surface area contributed by atoms with Gasteiger partial charge in [-0.2, -0.15) is 0 Å². The Morgan fingerprint density at radius 3 is 2.17 bits per heavy atom. The maximum absolute atomic E-state index is 6.23. The molecule has 2 unspecified atom stereocenters. The molecular formula is C18H28Cl2N2Si2. The number of benzene rings is 2. The Labute approximate surface area is 158 Å². The molecule has 3 N–H and O–H groups in total. The first-order valence-corrected chi connectivity index (χ1v) is 14.5.